The van der Waals surface area contributed by atoms with Crippen molar-refractivity contribution in [1.82, 2.24) is 5.32 Å². The third kappa shape index (κ3) is 3.43. The number of nitrogens with one attached hydrogen (secondary N) is 1. The van der Waals surface area contributed by atoms with Crippen molar-refractivity contribution in [3.8, 4) is 0 Å². The van der Waals surface area contributed by atoms with Gasteiger partial charge in [-0.15, -0.1) is 0 Å². The molecule has 114 valence electrons. The van der Waals surface area contributed by atoms with Gasteiger partial charge in [-0.2, -0.15) is 0 Å². The Morgan fingerprint density at radius 3 is 2.22 bits per heavy atom. The van der Waals surface area contributed by atoms with Crippen LogP contribution in [0, 0.1) is 13.1 Å². The van der Waals surface area contributed by atoms with E-state index in [9.17, 15) is 0 Å². The minimum Gasteiger partial charge on any atom is -0.373 e. The van der Waals surface area contributed by atoms with Crippen LogP contribution in [0.2, 0.25) is 0 Å². The summed E-state index contributed by atoms with van der Waals surface area (Å²) in [6, 6.07) is 0. The molecule has 0 amide bonds. The van der Waals surface area contributed by atoms with Gasteiger partial charge < -0.3 is 5.32 Å². The van der Waals surface area contributed by atoms with Crippen molar-refractivity contribution in [3.63, 3.8) is 0 Å². The minimum absolute atomic E-state index is 0.541. The molecule has 0 aliphatic carbocycles. The number of hydrogen-bond donors (Lipinski definition) is 1. The molecular formula is C19H18N4. The Hall–Kier alpha value is -3.01. The zero-order valence-electron chi connectivity index (χ0n) is 13.0. The van der Waals surface area contributed by atoms with E-state index < -0.39 is 0 Å². The van der Waals surface area contributed by atoms with Crippen LogP contribution in [0.25, 0.3) is 0 Å². The molecule has 2 rings (SSSR count). The van der Waals surface area contributed by atoms with Gasteiger partial charge in [0.2, 0.25) is 0 Å². The second-order valence-electron chi connectivity index (χ2n) is 4.80. The Balaban J connectivity index is 2.18. The van der Waals surface area contributed by atoms with Crippen molar-refractivity contribution < 1.29 is 0 Å². The number of allylic oxidation sites excluding steroid dienone is 3. The van der Waals surface area contributed by atoms with Gasteiger partial charge in [0.25, 0.3) is 0 Å². The molecule has 0 aromatic rings. The summed E-state index contributed by atoms with van der Waals surface area (Å²) in [6.07, 6.45) is 5.07. The van der Waals surface area contributed by atoms with E-state index in [1.165, 1.54) is 0 Å². The van der Waals surface area contributed by atoms with Gasteiger partial charge in [-0.3, -0.25) is 4.99 Å². The highest BCUT2D eigenvalue weighted by Gasteiger charge is 2.20. The fraction of sp³-hybridized carbons (Fsp3) is 0. The Labute approximate surface area is 137 Å². The van der Waals surface area contributed by atoms with E-state index in [1.807, 2.05) is 0 Å². The van der Waals surface area contributed by atoms with Crippen LogP contribution >= 0.6 is 0 Å². The molecule has 1 N–H and O–H groups in total. The Kier molecular flexibility index (Phi) is 4.86. The molecule has 0 saturated heterocycles. The van der Waals surface area contributed by atoms with E-state index in [4.69, 9.17) is 0 Å². The monoisotopic (exact) mass is 302 g/mol. The third-order valence-corrected chi connectivity index (χ3v) is 3.27. The first kappa shape index (κ1) is 16.4. The Bertz CT molecular complexity index is 754. The van der Waals surface area contributed by atoms with E-state index >= 15 is 0 Å². The lowest BCUT2D eigenvalue weighted by Crippen LogP contribution is -2.25. The van der Waals surface area contributed by atoms with E-state index in [0.29, 0.717) is 39.7 Å². The van der Waals surface area contributed by atoms with Crippen LogP contribution in [-0.2, 0) is 0 Å². The standard InChI is InChI=1S/C19H18N4/c1-7-9-17-15(6)23-19(11-21-17)13(4)12(3)18-10-20-16(8-2)14(5)22-18/h7-11,21H,1-6H2/b17-9+. The van der Waals surface area contributed by atoms with Gasteiger partial charge in [0.15, 0.2) is 0 Å². The molecule has 4 nitrogen and oxygen atoms in total. The average molecular weight is 302 g/mol. The molecule has 0 saturated carbocycles. The largest absolute Gasteiger partial charge is 0.373 e. The average Bonchev–Trinajstić information content (AvgIpc) is 2.55. The molecule has 2 aliphatic heterocycles. The van der Waals surface area contributed by atoms with Gasteiger partial charge >= 0.3 is 0 Å². The zero-order valence-corrected chi connectivity index (χ0v) is 13.0. The summed E-state index contributed by atoms with van der Waals surface area (Å²) in [6.45, 7) is 26.5. The zero-order chi connectivity index (χ0) is 17.0. The van der Waals surface area contributed by atoms with Crippen LogP contribution in [0.3, 0.4) is 0 Å². The summed E-state index contributed by atoms with van der Waals surface area (Å²) >= 11 is 0. The van der Waals surface area contributed by atoms with Gasteiger partial charge in [0.05, 0.1) is 40.8 Å². The van der Waals surface area contributed by atoms with Gasteiger partial charge in [0.1, 0.15) is 6.54 Å². The molecule has 0 bridgehead atoms. The van der Waals surface area contributed by atoms with Gasteiger partial charge in [-0.05, 0) is 23.3 Å². The van der Waals surface area contributed by atoms with Gasteiger partial charge in [-0.25, -0.2) is 9.98 Å². The lowest BCUT2D eigenvalue weighted by Gasteiger charge is -2.21. The minimum atomic E-state index is 0.541. The Morgan fingerprint density at radius 2 is 1.65 bits per heavy atom. The second-order valence-corrected chi connectivity index (χ2v) is 4.80. The lowest BCUT2D eigenvalue weighted by molar-refractivity contribution is 0.983. The van der Waals surface area contributed by atoms with E-state index in [0.717, 1.165) is 5.70 Å². The molecule has 0 unspecified atom stereocenters. The first-order valence-corrected chi connectivity index (χ1v) is 6.88. The number of hydrogen-bond acceptors (Lipinski definition) is 4. The van der Waals surface area contributed by atoms with E-state index in [-0.39, 0.29) is 0 Å². The molecule has 0 spiro atoms. The molecule has 4 heteroatoms. The maximum absolute atomic E-state index is 4.43. The summed E-state index contributed by atoms with van der Waals surface area (Å²) in [5.41, 5.74) is 5.07. The van der Waals surface area contributed by atoms with Crippen LogP contribution in [0.5, 0.6) is 0 Å². The maximum Gasteiger partial charge on any atom is 0.121 e. The fourth-order valence-corrected chi connectivity index (χ4v) is 1.95. The predicted octanol–water partition coefficient (Wildman–Crippen LogP) is 3.65. The summed E-state index contributed by atoms with van der Waals surface area (Å²) < 4.78 is 0. The molecule has 0 atom stereocenters. The van der Waals surface area contributed by atoms with Crippen molar-refractivity contribution in [2.45, 2.75) is 0 Å². The van der Waals surface area contributed by atoms with E-state index in [1.54, 1.807) is 31.3 Å². The van der Waals surface area contributed by atoms with Crippen LogP contribution < -0.4 is 5.32 Å². The first-order valence-electron chi connectivity index (χ1n) is 6.88. The highest BCUT2D eigenvalue weighted by atomic mass is 15.0. The van der Waals surface area contributed by atoms with Crippen molar-refractivity contribution in [1.29, 1.82) is 0 Å². The van der Waals surface area contributed by atoms with Crippen molar-refractivity contribution >= 4 is 17.1 Å². The van der Waals surface area contributed by atoms with Crippen LogP contribution in [0.4, 0.5) is 0 Å². The topological polar surface area (TPSA) is 49.1 Å². The molecule has 2 radical (unpaired) electrons. The normalized spacial score (nSPS) is 19.3. The molecule has 23 heavy (non-hydrogen) atoms. The summed E-state index contributed by atoms with van der Waals surface area (Å²) in [7, 11) is 0. The SMILES string of the molecule is C=C/C=C1/N[CH]C(C(=C)C(=C)C2=NC(=C)C(C=C)=N[CH]2)=NC1=C. The summed E-state index contributed by atoms with van der Waals surface area (Å²) in [5, 5.41) is 3.11. The highest BCUT2D eigenvalue weighted by Crippen LogP contribution is 2.22. The van der Waals surface area contributed by atoms with Crippen LogP contribution in [0.1, 0.15) is 0 Å². The van der Waals surface area contributed by atoms with Crippen LogP contribution in [0.15, 0.2) is 101 Å². The highest BCUT2D eigenvalue weighted by molar-refractivity contribution is 6.24. The molecule has 2 aliphatic rings. The van der Waals surface area contributed by atoms with Crippen molar-refractivity contribution in [2.24, 2.45) is 15.0 Å². The maximum atomic E-state index is 4.43. The lowest BCUT2D eigenvalue weighted by atomic mass is 9.97. The summed E-state index contributed by atoms with van der Waals surface area (Å²) in [5.74, 6) is 0. The van der Waals surface area contributed by atoms with E-state index in [2.05, 4.69) is 59.8 Å². The molecule has 0 aromatic carbocycles. The summed E-state index contributed by atoms with van der Waals surface area (Å²) in [4.78, 5) is 13.1. The predicted molar refractivity (Wildman–Crippen MR) is 99.1 cm³/mol. The Morgan fingerprint density at radius 1 is 1.00 bits per heavy atom. The van der Waals surface area contributed by atoms with Crippen molar-refractivity contribution in [2.75, 3.05) is 0 Å². The third-order valence-electron chi connectivity index (χ3n) is 3.27. The van der Waals surface area contributed by atoms with Crippen molar-refractivity contribution in [3.05, 3.63) is 99.0 Å². The number of nitrogens with zero attached hydrogens (tertiary/aromatic N) is 3. The smallest absolute Gasteiger partial charge is 0.121 e. The molecular weight excluding hydrogens is 284 g/mol. The van der Waals surface area contributed by atoms with Gasteiger partial charge in [0, 0.05) is 0 Å². The molecule has 0 aromatic heterocycles. The van der Waals surface area contributed by atoms with Gasteiger partial charge in [-0.1, -0.05) is 45.5 Å². The number of rotatable bonds is 5. The fourth-order valence-electron chi connectivity index (χ4n) is 1.95. The quantitative estimate of drug-likeness (QED) is 0.774. The molecule has 2 heterocycles. The second kappa shape index (κ2) is 6.83. The molecule has 0 fully saturated rings. The first-order chi connectivity index (χ1) is 11.0. The van der Waals surface area contributed by atoms with Crippen LogP contribution in [-0.4, -0.2) is 17.1 Å². The number of aliphatic imine (C=N–C) groups is 3.